The van der Waals surface area contributed by atoms with Crippen LogP contribution >= 0.6 is 0 Å². The summed E-state index contributed by atoms with van der Waals surface area (Å²) in [6.45, 7) is 11.7. The van der Waals surface area contributed by atoms with E-state index in [0.717, 1.165) is 5.92 Å². The molecule has 1 aliphatic heterocycles. The van der Waals surface area contributed by atoms with Gasteiger partial charge in [0.1, 0.15) is 0 Å². The second-order valence-corrected chi connectivity index (χ2v) is 5.73. The summed E-state index contributed by atoms with van der Waals surface area (Å²) in [6, 6.07) is 0. The van der Waals surface area contributed by atoms with Gasteiger partial charge in [-0.05, 0) is 56.8 Å². The fraction of sp³-hybridized carbons (Fsp3) is 1.00. The Morgan fingerprint density at radius 3 is 2.71 bits per heavy atom. The zero-order valence-electron chi connectivity index (χ0n) is 10.0. The molecule has 0 spiro atoms. The van der Waals surface area contributed by atoms with Gasteiger partial charge in [0.05, 0.1) is 0 Å². The summed E-state index contributed by atoms with van der Waals surface area (Å²) >= 11 is 0. The largest absolute Gasteiger partial charge is 0.316 e. The van der Waals surface area contributed by atoms with E-state index in [9.17, 15) is 0 Å². The van der Waals surface area contributed by atoms with Gasteiger partial charge in [-0.2, -0.15) is 0 Å². The second-order valence-electron chi connectivity index (χ2n) is 5.73. The number of piperidine rings is 1. The summed E-state index contributed by atoms with van der Waals surface area (Å²) in [5, 5.41) is 7.02. The maximum atomic E-state index is 3.57. The van der Waals surface area contributed by atoms with Crippen LogP contribution in [0.5, 0.6) is 0 Å². The standard InChI is InChI=1S/C12H26N2/c1-12(2,3)6-8-14-10-11-5-4-7-13-9-11/h11,13-14H,4-10H2,1-3H3. The highest BCUT2D eigenvalue weighted by atomic mass is 14.9. The zero-order valence-corrected chi connectivity index (χ0v) is 10.0. The Balaban J connectivity index is 1.97. The molecule has 0 bridgehead atoms. The van der Waals surface area contributed by atoms with Crippen molar-refractivity contribution in [2.75, 3.05) is 26.2 Å². The first-order chi connectivity index (χ1) is 6.58. The summed E-state index contributed by atoms with van der Waals surface area (Å²) in [4.78, 5) is 0. The second kappa shape index (κ2) is 5.72. The zero-order chi connectivity index (χ0) is 10.4. The van der Waals surface area contributed by atoms with Crippen molar-refractivity contribution >= 4 is 0 Å². The van der Waals surface area contributed by atoms with Crippen molar-refractivity contribution in [2.24, 2.45) is 11.3 Å². The molecule has 1 atom stereocenters. The average Bonchev–Trinajstić information content (AvgIpc) is 2.13. The first kappa shape index (κ1) is 12.0. The van der Waals surface area contributed by atoms with Crippen molar-refractivity contribution in [3.8, 4) is 0 Å². The van der Waals surface area contributed by atoms with Gasteiger partial charge in [-0.25, -0.2) is 0 Å². The van der Waals surface area contributed by atoms with Gasteiger partial charge < -0.3 is 10.6 Å². The molecule has 2 nitrogen and oxygen atoms in total. The van der Waals surface area contributed by atoms with Crippen molar-refractivity contribution in [2.45, 2.75) is 40.0 Å². The minimum atomic E-state index is 0.470. The third kappa shape index (κ3) is 5.61. The molecule has 1 saturated heterocycles. The van der Waals surface area contributed by atoms with E-state index in [1.54, 1.807) is 0 Å². The molecule has 0 aromatic rings. The van der Waals surface area contributed by atoms with Gasteiger partial charge in [-0.1, -0.05) is 20.8 Å². The van der Waals surface area contributed by atoms with Gasteiger partial charge in [0.2, 0.25) is 0 Å². The molecule has 1 heterocycles. The molecule has 0 aromatic heterocycles. The van der Waals surface area contributed by atoms with Gasteiger partial charge in [-0.3, -0.25) is 0 Å². The van der Waals surface area contributed by atoms with Crippen molar-refractivity contribution in [3.05, 3.63) is 0 Å². The van der Waals surface area contributed by atoms with Crippen molar-refractivity contribution in [3.63, 3.8) is 0 Å². The fourth-order valence-electron chi connectivity index (χ4n) is 1.87. The maximum Gasteiger partial charge on any atom is -0.000837 e. The first-order valence-corrected chi connectivity index (χ1v) is 5.99. The molecule has 1 aliphatic rings. The third-order valence-corrected chi connectivity index (χ3v) is 2.88. The Labute approximate surface area is 88.8 Å². The summed E-state index contributed by atoms with van der Waals surface area (Å²) in [5.74, 6) is 0.865. The lowest BCUT2D eigenvalue weighted by atomic mass is 9.92. The van der Waals surface area contributed by atoms with E-state index in [-0.39, 0.29) is 0 Å². The van der Waals surface area contributed by atoms with Crippen LogP contribution in [-0.4, -0.2) is 26.2 Å². The van der Waals surface area contributed by atoms with E-state index in [0.29, 0.717) is 5.41 Å². The first-order valence-electron chi connectivity index (χ1n) is 5.99. The minimum absolute atomic E-state index is 0.470. The molecule has 2 N–H and O–H groups in total. The van der Waals surface area contributed by atoms with Gasteiger partial charge in [0.15, 0.2) is 0 Å². The van der Waals surface area contributed by atoms with E-state index in [1.807, 2.05) is 0 Å². The van der Waals surface area contributed by atoms with E-state index >= 15 is 0 Å². The summed E-state index contributed by atoms with van der Waals surface area (Å²) < 4.78 is 0. The van der Waals surface area contributed by atoms with Crippen LogP contribution in [0.1, 0.15) is 40.0 Å². The smallest absolute Gasteiger partial charge is 0.000837 e. The van der Waals surface area contributed by atoms with Gasteiger partial charge >= 0.3 is 0 Å². The van der Waals surface area contributed by atoms with Crippen LogP contribution in [0.2, 0.25) is 0 Å². The van der Waals surface area contributed by atoms with Gasteiger partial charge in [0.25, 0.3) is 0 Å². The number of hydrogen-bond acceptors (Lipinski definition) is 2. The Kier molecular flexibility index (Phi) is 4.90. The quantitative estimate of drug-likeness (QED) is 0.675. The number of nitrogens with one attached hydrogen (secondary N) is 2. The molecule has 0 aromatic carbocycles. The molecule has 0 aliphatic carbocycles. The van der Waals surface area contributed by atoms with Crippen molar-refractivity contribution in [1.29, 1.82) is 0 Å². The topological polar surface area (TPSA) is 24.1 Å². The Morgan fingerprint density at radius 1 is 1.36 bits per heavy atom. The van der Waals surface area contributed by atoms with Crippen LogP contribution < -0.4 is 10.6 Å². The Hall–Kier alpha value is -0.0800. The van der Waals surface area contributed by atoms with Gasteiger partial charge in [-0.15, -0.1) is 0 Å². The lowest BCUT2D eigenvalue weighted by Crippen LogP contribution is -2.36. The number of rotatable bonds is 4. The van der Waals surface area contributed by atoms with Gasteiger partial charge in [0, 0.05) is 0 Å². The van der Waals surface area contributed by atoms with E-state index in [2.05, 4.69) is 31.4 Å². The highest BCUT2D eigenvalue weighted by molar-refractivity contribution is 4.71. The normalized spacial score (nSPS) is 23.8. The summed E-state index contributed by atoms with van der Waals surface area (Å²) in [6.07, 6.45) is 4.02. The highest BCUT2D eigenvalue weighted by Gasteiger charge is 2.13. The Bertz CT molecular complexity index is 143. The monoisotopic (exact) mass is 198 g/mol. The van der Waals surface area contributed by atoms with Crippen molar-refractivity contribution in [1.82, 2.24) is 10.6 Å². The molecule has 0 radical (unpaired) electrons. The van der Waals surface area contributed by atoms with Crippen LogP contribution in [0.25, 0.3) is 0 Å². The fourth-order valence-corrected chi connectivity index (χ4v) is 1.87. The summed E-state index contributed by atoms with van der Waals surface area (Å²) in [7, 11) is 0. The number of hydrogen-bond donors (Lipinski definition) is 2. The van der Waals surface area contributed by atoms with E-state index in [1.165, 1.54) is 45.4 Å². The molecule has 1 unspecified atom stereocenters. The minimum Gasteiger partial charge on any atom is -0.316 e. The highest BCUT2D eigenvalue weighted by Crippen LogP contribution is 2.17. The lowest BCUT2D eigenvalue weighted by molar-refractivity contribution is 0.331. The molecule has 0 saturated carbocycles. The SMILES string of the molecule is CC(C)(C)CCNCC1CCCNC1. The van der Waals surface area contributed by atoms with Crippen LogP contribution in [0.3, 0.4) is 0 Å². The molecular formula is C12H26N2. The van der Waals surface area contributed by atoms with E-state index < -0.39 is 0 Å². The Morgan fingerprint density at radius 2 is 2.14 bits per heavy atom. The lowest BCUT2D eigenvalue weighted by Gasteiger charge is -2.24. The molecule has 2 heteroatoms. The molecule has 14 heavy (non-hydrogen) atoms. The van der Waals surface area contributed by atoms with E-state index in [4.69, 9.17) is 0 Å². The van der Waals surface area contributed by atoms with Crippen LogP contribution in [0.4, 0.5) is 0 Å². The van der Waals surface area contributed by atoms with Crippen LogP contribution in [-0.2, 0) is 0 Å². The predicted octanol–water partition coefficient (Wildman–Crippen LogP) is 2.01. The molecular weight excluding hydrogens is 172 g/mol. The average molecular weight is 198 g/mol. The summed E-state index contributed by atoms with van der Waals surface area (Å²) in [5.41, 5.74) is 0.470. The molecule has 84 valence electrons. The predicted molar refractivity (Wildman–Crippen MR) is 62.5 cm³/mol. The van der Waals surface area contributed by atoms with Crippen molar-refractivity contribution < 1.29 is 0 Å². The third-order valence-electron chi connectivity index (χ3n) is 2.88. The van der Waals surface area contributed by atoms with Crippen LogP contribution in [0, 0.1) is 11.3 Å². The van der Waals surface area contributed by atoms with Crippen LogP contribution in [0.15, 0.2) is 0 Å². The molecule has 1 rings (SSSR count). The maximum absolute atomic E-state index is 3.57. The molecule has 1 fully saturated rings. The molecule has 0 amide bonds.